The minimum absolute atomic E-state index is 0.269. The van der Waals surface area contributed by atoms with Gasteiger partial charge in [0, 0.05) is 19.6 Å². The molecule has 0 radical (unpaired) electrons. The number of nitrogens with zero attached hydrogens (tertiary/aromatic N) is 1. The van der Waals surface area contributed by atoms with E-state index in [1.807, 2.05) is 12.1 Å². The van der Waals surface area contributed by atoms with Gasteiger partial charge < -0.3 is 9.47 Å². The van der Waals surface area contributed by atoms with Crippen molar-refractivity contribution in [2.24, 2.45) is 0 Å². The van der Waals surface area contributed by atoms with E-state index in [2.05, 4.69) is 47.4 Å². The molecule has 1 atom stereocenters. The van der Waals surface area contributed by atoms with Crippen LogP contribution in [-0.4, -0.2) is 37.8 Å². The van der Waals surface area contributed by atoms with Crippen molar-refractivity contribution in [2.45, 2.75) is 19.1 Å². The lowest BCUT2D eigenvalue weighted by Gasteiger charge is -2.33. The summed E-state index contributed by atoms with van der Waals surface area (Å²) in [7, 11) is 1.70. The SMILES string of the molecule is COc1ccc(CC2CN(Cc3ccccc3)CCO2)cc1. The first-order chi connectivity index (χ1) is 10.8. The minimum atomic E-state index is 0.269. The number of hydrogen-bond acceptors (Lipinski definition) is 3. The van der Waals surface area contributed by atoms with Crippen LogP contribution < -0.4 is 4.74 Å². The molecule has 3 heteroatoms. The van der Waals surface area contributed by atoms with Gasteiger partial charge in [0.1, 0.15) is 5.75 Å². The van der Waals surface area contributed by atoms with Crippen LogP contribution in [0, 0.1) is 0 Å². The Morgan fingerprint density at radius 1 is 1.05 bits per heavy atom. The van der Waals surface area contributed by atoms with Crippen LogP contribution in [0.5, 0.6) is 5.75 Å². The van der Waals surface area contributed by atoms with E-state index < -0.39 is 0 Å². The summed E-state index contributed by atoms with van der Waals surface area (Å²) in [4.78, 5) is 2.48. The Bertz CT molecular complexity index is 568. The molecule has 1 saturated heterocycles. The zero-order valence-electron chi connectivity index (χ0n) is 13.1. The van der Waals surface area contributed by atoms with E-state index in [9.17, 15) is 0 Å². The molecule has 0 aromatic heterocycles. The molecule has 0 bridgehead atoms. The van der Waals surface area contributed by atoms with Gasteiger partial charge >= 0.3 is 0 Å². The molecule has 2 aromatic rings. The number of ether oxygens (including phenoxy) is 2. The Morgan fingerprint density at radius 2 is 1.82 bits per heavy atom. The fourth-order valence-electron chi connectivity index (χ4n) is 2.91. The third-order valence-corrected chi connectivity index (χ3v) is 4.09. The van der Waals surface area contributed by atoms with Crippen molar-refractivity contribution in [1.82, 2.24) is 4.90 Å². The zero-order valence-corrected chi connectivity index (χ0v) is 13.1. The Labute approximate surface area is 132 Å². The Morgan fingerprint density at radius 3 is 2.55 bits per heavy atom. The first-order valence-corrected chi connectivity index (χ1v) is 7.84. The van der Waals surface area contributed by atoms with Crippen LogP contribution in [0.25, 0.3) is 0 Å². The van der Waals surface area contributed by atoms with Crippen molar-refractivity contribution in [1.29, 1.82) is 0 Å². The van der Waals surface area contributed by atoms with Gasteiger partial charge in [-0.2, -0.15) is 0 Å². The van der Waals surface area contributed by atoms with Gasteiger partial charge in [-0.05, 0) is 29.7 Å². The van der Waals surface area contributed by atoms with Crippen LogP contribution in [-0.2, 0) is 17.7 Å². The highest BCUT2D eigenvalue weighted by Crippen LogP contribution is 2.17. The van der Waals surface area contributed by atoms with E-state index >= 15 is 0 Å². The van der Waals surface area contributed by atoms with Crippen LogP contribution >= 0.6 is 0 Å². The highest BCUT2D eigenvalue weighted by atomic mass is 16.5. The van der Waals surface area contributed by atoms with E-state index in [0.717, 1.165) is 38.4 Å². The second-order valence-electron chi connectivity index (χ2n) is 5.77. The molecule has 1 aliphatic heterocycles. The molecule has 1 heterocycles. The van der Waals surface area contributed by atoms with Crippen molar-refractivity contribution in [3.63, 3.8) is 0 Å². The molecule has 3 rings (SSSR count). The average Bonchev–Trinajstić information content (AvgIpc) is 2.57. The summed E-state index contributed by atoms with van der Waals surface area (Å²) in [5.74, 6) is 0.902. The fraction of sp³-hybridized carbons (Fsp3) is 0.368. The molecule has 0 aliphatic carbocycles. The van der Waals surface area contributed by atoms with Crippen LogP contribution in [0.2, 0.25) is 0 Å². The summed E-state index contributed by atoms with van der Waals surface area (Å²) in [5.41, 5.74) is 2.67. The van der Waals surface area contributed by atoms with E-state index in [-0.39, 0.29) is 6.10 Å². The van der Waals surface area contributed by atoms with E-state index in [0.29, 0.717) is 0 Å². The lowest BCUT2D eigenvalue weighted by molar-refractivity contribution is -0.0305. The van der Waals surface area contributed by atoms with Gasteiger partial charge in [0.05, 0.1) is 19.8 Å². The molecule has 1 aliphatic rings. The standard InChI is InChI=1S/C19H23NO2/c1-21-18-9-7-16(8-10-18)13-19-15-20(11-12-22-19)14-17-5-3-2-4-6-17/h2-10,19H,11-15H2,1H3. The number of rotatable bonds is 5. The highest BCUT2D eigenvalue weighted by Gasteiger charge is 2.20. The molecular weight excluding hydrogens is 274 g/mol. The summed E-state index contributed by atoms with van der Waals surface area (Å²) in [6, 6.07) is 18.9. The van der Waals surface area contributed by atoms with E-state index in [4.69, 9.17) is 9.47 Å². The number of hydrogen-bond donors (Lipinski definition) is 0. The summed E-state index contributed by atoms with van der Waals surface area (Å²) in [5, 5.41) is 0. The summed E-state index contributed by atoms with van der Waals surface area (Å²) < 4.78 is 11.1. The molecule has 2 aromatic carbocycles. The highest BCUT2D eigenvalue weighted by molar-refractivity contribution is 5.27. The van der Waals surface area contributed by atoms with Gasteiger partial charge in [-0.1, -0.05) is 42.5 Å². The summed E-state index contributed by atoms with van der Waals surface area (Å²) in [6.45, 7) is 3.81. The molecule has 1 unspecified atom stereocenters. The van der Waals surface area contributed by atoms with Crippen molar-refractivity contribution in [3.05, 3.63) is 65.7 Å². The number of benzene rings is 2. The second kappa shape index (κ2) is 7.43. The topological polar surface area (TPSA) is 21.7 Å². The first kappa shape index (κ1) is 15.1. The maximum Gasteiger partial charge on any atom is 0.118 e. The van der Waals surface area contributed by atoms with Gasteiger partial charge in [0.2, 0.25) is 0 Å². The lowest BCUT2D eigenvalue weighted by Crippen LogP contribution is -2.42. The quantitative estimate of drug-likeness (QED) is 0.846. The molecule has 0 saturated carbocycles. The van der Waals surface area contributed by atoms with Gasteiger partial charge in [0.15, 0.2) is 0 Å². The predicted octanol–water partition coefficient (Wildman–Crippen LogP) is 3.14. The zero-order chi connectivity index (χ0) is 15.2. The molecule has 3 nitrogen and oxygen atoms in total. The molecule has 0 amide bonds. The minimum Gasteiger partial charge on any atom is -0.497 e. The van der Waals surface area contributed by atoms with Crippen molar-refractivity contribution >= 4 is 0 Å². The Balaban J connectivity index is 1.55. The normalized spacial score (nSPS) is 19.0. The third kappa shape index (κ3) is 4.09. The molecule has 1 fully saturated rings. The van der Waals surface area contributed by atoms with Crippen LogP contribution in [0.4, 0.5) is 0 Å². The maximum atomic E-state index is 5.93. The fourth-order valence-corrected chi connectivity index (χ4v) is 2.91. The van der Waals surface area contributed by atoms with Crippen LogP contribution in [0.1, 0.15) is 11.1 Å². The van der Waals surface area contributed by atoms with Crippen LogP contribution in [0.3, 0.4) is 0 Å². The smallest absolute Gasteiger partial charge is 0.118 e. The van der Waals surface area contributed by atoms with E-state index in [1.165, 1.54) is 11.1 Å². The molecule has 0 spiro atoms. The third-order valence-electron chi connectivity index (χ3n) is 4.09. The van der Waals surface area contributed by atoms with Crippen molar-refractivity contribution in [3.8, 4) is 5.75 Å². The van der Waals surface area contributed by atoms with Gasteiger partial charge in [0.25, 0.3) is 0 Å². The number of morpholine rings is 1. The monoisotopic (exact) mass is 297 g/mol. The predicted molar refractivity (Wildman–Crippen MR) is 88.2 cm³/mol. The number of methoxy groups -OCH3 is 1. The molecular formula is C19H23NO2. The summed E-state index contributed by atoms with van der Waals surface area (Å²) >= 11 is 0. The Hall–Kier alpha value is -1.84. The summed E-state index contributed by atoms with van der Waals surface area (Å²) in [6.07, 6.45) is 1.22. The Kier molecular flexibility index (Phi) is 5.09. The van der Waals surface area contributed by atoms with Gasteiger partial charge in [-0.15, -0.1) is 0 Å². The van der Waals surface area contributed by atoms with Crippen LogP contribution in [0.15, 0.2) is 54.6 Å². The molecule has 22 heavy (non-hydrogen) atoms. The first-order valence-electron chi connectivity index (χ1n) is 7.84. The van der Waals surface area contributed by atoms with Gasteiger partial charge in [-0.3, -0.25) is 4.90 Å². The van der Waals surface area contributed by atoms with Crippen molar-refractivity contribution < 1.29 is 9.47 Å². The van der Waals surface area contributed by atoms with Gasteiger partial charge in [-0.25, -0.2) is 0 Å². The maximum absolute atomic E-state index is 5.93. The van der Waals surface area contributed by atoms with Crippen molar-refractivity contribution in [2.75, 3.05) is 26.8 Å². The lowest BCUT2D eigenvalue weighted by atomic mass is 10.1. The molecule has 116 valence electrons. The average molecular weight is 297 g/mol. The van der Waals surface area contributed by atoms with E-state index in [1.54, 1.807) is 7.11 Å². The molecule has 0 N–H and O–H groups in total. The largest absolute Gasteiger partial charge is 0.497 e. The second-order valence-corrected chi connectivity index (χ2v) is 5.77.